The van der Waals surface area contributed by atoms with Gasteiger partial charge >= 0.3 is 0 Å². The number of nitrogens with two attached hydrogens (primary N) is 1. The number of anilines is 1. The number of benzene rings is 1. The van der Waals surface area contributed by atoms with Gasteiger partial charge in [0.25, 0.3) is 0 Å². The Labute approximate surface area is 158 Å². The van der Waals surface area contributed by atoms with Crippen molar-refractivity contribution in [1.82, 2.24) is 9.88 Å². The summed E-state index contributed by atoms with van der Waals surface area (Å²) >= 11 is 1.76. The number of thiazole rings is 1. The van der Waals surface area contributed by atoms with E-state index in [1.54, 1.807) is 11.3 Å². The van der Waals surface area contributed by atoms with Gasteiger partial charge in [0.1, 0.15) is 5.82 Å². The SMILES string of the molecule is CCc1nc(CCN=C(N)N2CCN(c3ccc(F)cc3)CC2)sc1C. The van der Waals surface area contributed by atoms with Crippen molar-refractivity contribution in [1.29, 1.82) is 0 Å². The molecule has 5 nitrogen and oxygen atoms in total. The van der Waals surface area contributed by atoms with E-state index >= 15 is 0 Å². The highest BCUT2D eigenvalue weighted by Gasteiger charge is 2.18. The van der Waals surface area contributed by atoms with Crippen LogP contribution >= 0.6 is 11.3 Å². The molecular formula is C19H26FN5S. The summed E-state index contributed by atoms with van der Waals surface area (Å²) < 4.78 is 13.0. The molecule has 1 aliphatic rings. The Morgan fingerprint density at radius 2 is 1.92 bits per heavy atom. The fourth-order valence-electron chi connectivity index (χ4n) is 3.13. The van der Waals surface area contributed by atoms with Crippen LogP contribution in [0.2, 0.25) is 0 Å². The van der Waals surface area contributed by atoms with Gasteiger partial charge in [0.2, 0.25) is 0 Å². The number of halogens is 1. The van der Waals surface area contributed by atoms with Crippen molar-refractivity contribution in [3.63, 3.8) is 0 Å². The van der Waals surface area contributed by atoms with E-state index in [9.17, 15) is 4.39 Å². The lowest BCUT2D eigenvalue weighted by atomic mass is 10.2. The van der Waals surface area contributed by atoms with E-state index in [1.807, 2.05) is 12.1 Å². The lowest BCUT2D eigenvalue weighted by molar-refractivity contribution is 0.381. The molecule has 1 aromatic heterocycles. The van der Waals surface area contributed by atoms with Gasteiger partial charge in [0, 0.05) is 49.7 Å². The molecule has 1 fully saturated rings. The first kappa shape index (κ1) is 18.6. The molecule has 0 aliphatic carbocycles. The van der Waals surface area contributed by atoms with Gasteiger partial charge in [-0.3, -0.25) is 4.99 Å². The molecule has 0 unspecified atom stereocenters. The van der Waals surface area contributed by atoms with E-state index in [0.717, 1.165) is 49.7 Å². The minimum Gasteiger partial charge on any atom is -0.370 e. The Bertz CT molecular complexity index is 748. The summed E-state index contributed by atoms with van der Waals surface area (Å²) in [5, 5.41) is 1.14. The third-order valence-corrected chi connectivity index (χ3v) is 5.74. The van der Waals surface area contributed by atoms with Crippen LogP contribution < -0.4 is 10.6 Å². The number of nitrogens with zero attached hydrogens (tertiary/aromatic N) is 4. The van der Waals surface area contributed by atoms with Crippen LogP contribution in [0.25, 0.3) is 0 Å². The maximum Gasteiger partial charge on any atom is 0.191 e. The average Bonchev–Trinajstić information content (AvgIpc) is 3.02. The predicted molar refractivity (Wildman–Crippen MR) is 107 cm³/mol. The monoisotopic (exact) mass is 375 g/mol. The molecule has 0 spiro atoms. The van der Waals surface area contributed by atoms with Crippen LogP contribution in [0.3, 0.4) is 0 Å². The Balaban J connectivity index is 1.48. The molecule has 2 aromatic rings. The fraction of sp³-hybridized carbons (Fsp3) is 0.474. The maximum absolute atomic E-state index is 13.0. The van der Waals surface area contributed by atoms with E-state index in [-0.39, 0.29) is 5.82 Å². The number of aromatic nitrogens is 1. The van der Waals surface area contributed by atoms with Gasteiger partial charge in [0.05, 0.1) is 10.7 Å². The lowest BCUT2D eigenvalue weighted by Gasteiger charge is -2.36. The Hall–Kier alpha value is -2.15. The number of hydrogen-bond donors (Lipinski definition) is 1. The quantitative estimate of drug-likeness (QED) is 0.645. The molecular weight excluding hydrogens is 349 g/mol. The van der Waals surface area contributed by atoms with Crippen molar-refractivity contribution in [2.45, 2.75) is 26.7 Å². The average molecular weight is 376 g/mol. The highest BCUT2D eigenvalue weighted by molar-refractivity contribution is 7.11. The minimum atomic E-state index is -0.203. The van der Waals surface area contributed by atoms with Gasteiger partial charge in [-0.1, -0.05) is 6.92 Å². The van der Waals surface area contributed by atoms with Crippen molar-refractivity contribution < 1.29 is 4.39 Å². The maximum atomic E-state index is 13.0. The summed E-state index contributed by atoms with van der Waals surface area (Å²) in [6.07, 6.45) is 1.81. The molecule has 0 saturated carbocycles. The molecule has 2 N–H and O–H groups in total. The first-order chi connectivity index (χ1) is 12.6. The van der Waals surface area contributed by atoms with Crippen molar-refractivity contribution in [2.75, 3.05) is 37.6 Å². The van der Waals surface area contributed by atoms with Gasteiger partial charge < -0.3 is 15.5 Å². The zero-order chi connectivity index (χ0) is 18.5. The van der Waals surface area contributed by atoms with Crippen molar-refractivity contribution in [3.8, 4) is 0 Å². The number of rotatable bonds is 5. The van der Waals surface area contributed by atoms with Crippen LogP contribution in [-0.2, 0) is 12.8 Å². The predicted octanol–water partition coefficient (Wildman–Crippen LogP) is 2.83. The van der Waals surface area contributed by atoms with Gasteiger partial charge in [-0.2, -0.15) is 0 Å². The number of piperazine rings is 1. The Morgan fingerprint density at radius 1 is 1.23 bits per heavy atom. The van der Waals surface area contributed by atoms with Crippen LogP contribution in [-0.4, -0.2) is 48.6 Å². The molecule has 2 heterocycles. The van der Waals surface area contributed by atoms with Crippen LogP contribution in [0.15, 0.2) is 29.3 Å². The molecule has 0 radical (unpaired) electrons. The highest BCUT2D eigenvalue weighted by Crippen LogP contribution is 2.19. The zero-order valence-electron chi connectivity index (χ0n) is 15.4. The standard InChI is InChI=1S/C19H26FN5S/c1-3-17-14(2)26-18(23-17)8-9-22-19(21)25-12-10-24(11-13-25)16-6-4-15(20)5-7-16/h4-7H,3,8-13H2,1-2H3,(H2,21,22). The normalized spacial score (nSPS) is 15.6. The second-order valence-electron chi connectivity index (χ2n) is 6.40. The van der Waals surface area contributed by atoms with Gasteiger partial charge in [-0.25, -0.2) is 9.37 Å². The Kier molecular flexibility index (Phi) is 6.08. The summed E-state index contributed by atoms with van der Waals surface area (Å²) in [5.41, 5.74) is 8.41. The zero-order valence-corrected chi connectivity index (χ0v) is 16.2. The van der Waals surface area contributed by atoms with Crippen LogP contribution in [0.5, 0.6) is 0 Å². The molecule has 1 aliphatic heterocycles. The molecule has 0 bridgehead atoms. The summed E-state index contributed by atoms with van der Waals surface area (Å²) in [6, 6.07) is 6.65. The largest absolute Gasteiger partial charge is 0.370 e. The van der Waals surface area contributed by atoms with Crippen molar-refractivity contribution in [2.24, 2.45) is 10.7 Å². The molecule has 26 heavy (non-hydrogen) atoms. The molecule has 1 saturated heterocycles. The molecule has 0 amide bonds. The molecule has 3 rings (SSSR count). The molecule has 1 aromatic carbocycles. The summed E-state index contributed by atoms with van der Waals surface area (Å²) in [6.45, 7) is 8.28. The number of aryl methyl sites for hydroxylation is 2. The second-order valence-corrected chi connectivity index (χ2v) is 7.69. The van der Waals surface area contributed by atoms with Gasteiger partial charge in [-0.05, 0) is 37.6 Å². The number of guanidine groups is 1. The van der Waals surface area contributed by atoms with E-state index in [0.29, 0.717) is 12.5 Å². The molecule has 140 valence electrons. The second kappa shape index (κ2) is 8.49. The third-order valence-electron chi connectivity index (χ3n) is 4.67. The van der Waals surface area contributed by atoms with E-state index in [1.165, 1.54) is 22.7 Å². The minimum absolute atomic E-state index is 0.203. The smallest absolute Gasteiger partial charge is 0.191 e. The highest BCUT2D eigenvalue weighted by atomic mass is 32.1. The van der Waals surface area contributed by atoms with Crippen molar-refractivity contribution >= 4 is 23.0 Å². The number of aliphatic imine (C=N–C) groups is 1. The molecule has 7 heteroatoms. The molecule has 0 atom stereocenters. The van der Waals surface area contributed by atoms with E-state index in [2.05, 4.69) is 33.6 Å². The lowest BCUT2D eigenvalue weighted by Crippen LogP contribution is -2.51. The summed E-state index contributed by atoms with van der Waals surface area (Å²) in [5.74, 6) is 0.401. The van der Waals surface area contributed by atoms with Crippen LogP contribution in [0.1, 0.15) is 22.5 Å². The first-order valence-electron chi connectivity index (χ1n) is 9.07. The van der Waals surface area contributed by atoms with E-state index in [4.69, 9.17) is 5.73 Å². The third kappa shape index (κ3) is 4.52. The Morgan fingerprint density at radius 3 is 2.54 bits per heavy atom. The van der Waals surface area contributed by atoms with Crippen molar-refractivity contribution in [3.05, 3.63) is 45.7 Å². The topological polar surface area (TPSA) is 57.8 Å². The van der Waals surface area contributed by atoms with E-state index < -0.39 is 0 Å². The summed E-state index contributed by atoms with van der Waals surface area (Å²) in [4.78, 5) is 14.8. The fourth-order valence-corrected chi connectivity index (χ4v) is 4.14. The number of hydrogen-bond acceptors (Lipinski definition) is 4. The summed E-state index contributed by atoms with van der Waals surface area (Å²) in [7, 11) is 0. The van der Waals surface area contributed by atoms with Gasteiger partial charge in [0.15, 0.2) is 5.96 Å². The first-order valence-corrected chi connectivity index (χ1v) is 9.89. The van der Waals surface area contributed by atoms with Crippen LogP contribution in [0.4, 0.5) is 10.1 Å². The van der Waals surface area contributed by atoms with Crippen LogP contribution in [0, 0.1) is 12.7 Å². The van der Waals surface area contributed by atoms with Gasteiger partial charge in [-0.15, -0.1) is 11.3 Å².